The minimum absolute atomic E-state index is 0.0147. The van der Waals surface area contributed by atoms with E-state index in [9.17, 15) is 22.8 Å². The van der Waals surface area contributed by atoms with Crippen LogP contribution in [0.4, 0.5) is 13.2 Å². The number of alkyl halides is 3. The first-order valence-electron chi connectivity index (χ1n) is 11.4. The summed E-state index contributed by atoms with van der Waals surface area (Å²) in [5, 5.41) is 10.9. The highest BCUT2D eigenvalue weighted by Crippen LogP contribution is 2.49. The van der Waals surface area contributed by atoms with Gasteiger partial charge in [-0.05, 0) is 49.5 Å². The average Bonchev–Trinajstić information content (AvgIpc) is 3.19. The Morgan fingerprint density at radius 3 is 2.57 bits per heavy atom. The summed E-state index contributed by atoms with van der Waals surface area (Å²) in [5.74, 6) is -1.80. The number of hydrogen-bond donors (Lipinski definition) is 1. The molecule has 1 N–H and O–H groups in total. The highest BCUT2D eigenvalue weighted by Gasteiger charge is 2.54. The predicted molar refractivity (Wildman–Crippen MR) is 121 cm³/mol. The van der Waals surface area contributed by atoms with Crippen molar-refractivity contribution in [1.82, 2.24) is 19.4 Å². The van der Waals surface area contributed by atoms with Gasteiger partial charge >= 0.3 is 12.1 Å². The summed E-state index contributed by atoms with van der Waals surface area (Å²) in [4.78, 5) is 44.2. The van der Waals surface area contributed by atoms with E-state index in [1.54, 1.807) is 6.33 Å². The van der Waals surface area contributed by atoms with Gasteiger partial charge in [-0.25, -0.2) is 9.78 Å². The number of aromatic nitrogens is 2. The van der Waals surface area contributed by atoms with Gasteiger partial charge in [0.05, 0.1) is 29.0 Å². The van der Waals surface area contributed by atoms with E-state index in [1.165, 1.54) is 24.2 Å². The van der Waals surface area contributed by atoms with Gasteiger partial charge in [-0.3, -0.25) is 9.59 Å². The Morgan fingerprint density at radius 1 is 1.31 bits per heavy atom. The lowest BCUT2D eigenvalue weighted by molar-refractivity contribution is -0.192. The molecule has 2 atom stereocenters. The van der Waals surface area contributed by atoms with Crippen LogP contribution in [0.1, 0.15) is 54.2 Å². The first-order chi connectivity index (χ1) is 16.5. The molecule has 0 aromatic carbocycles. The van der Waals surface area contributed by atoms with Crippen molar-refractivity contribution in [3.05, 3.63) is 40.6 Å². The maximum absolute atomic E-state index is 13.5. The molecule has 8 nitrogen and oxygen atoms in total. The van der Waals surface area contributed by atoms with Gasteiger partial charge in [-0.15, -0.1) is 0 Å². The Morgan fingerprint density at radius 2 is 2.03 bits per heavy atom. The SMILES string of the molecule is Cn1cnc(C2CC3(CCCN(CC4CC4)C3=O)CN2C(=O)c2ccsc2)c1.O=C(O)C(F)(F)F. The van der Waals surface area contributed by atoms with Gasteiger partial charge in [0.25, 0.3) is 5.91 Å². The van der Waals surface area contributed by atoms with Crippen LogP contribution in [-0.2, 0) is 16.6 Å². The fourth-order valence-electron chi connectivity index (χ4n) is 4.89. The highest BCUT2D eigenvalue weighted by atomic mass is 32.1. The third kappa shape index (κ3) is 5.52. The van der Waals surface area contributed by atoms with E-state index in [0.29, 0.717) is 24.4 Å². The summed E-state index contributed by atoms with van der Waals surface area (Å²) >= 11 is 1.53. The molecule has 4 heterocycles. The molecule has 0 radical (unpaired) electrons. The summed E-state index contributed by atoms with van der Waals surface area (Å²) in [5.41, 5.74) is 1.14. The second-order valence-electron chi connectivity index (χ2n) is 9.51. The third-order valence-corrected chi connectivity index (χ3v) is 7.45. The number of thiophene rings is 1. The number of nitrogens with zero attached hydrogens (tertiary/aromatic N) is 4. The van der Waals surface area contributed by atoms with Gasteiger partial charge in [-0.2, -0.15) is 24.5 Å². The molecular formula is C23H27F3N4O4S. The van der Waals surface area contributed by atoms with E-state index in [-0.39, 0.29) is 17.9 Å². The smallest absolute Gasteiger partial charge is 0.475 e. The number of carbonyl (C=O) groups excluding carboxylic acids is 2. The average molecular weight is 513 g/mol. The van der Waals surface area contributed by atoms with Crippen LogP contribution in [0.25, 0.3) is 0 Å². The van der Waals surface area contributed by atoms with Crippen molar-refractivity contribution in [2.24, 2.45) is 18.4 Å². The second kappa shape index (κ2) is 9.63. The molecule has 2 saturated heterocycles. The molecule has 0 bridgehead atoms. The van der Waals surface area contributed by atoms with E-state index >= 15 is 0 Å². The Labute approximate surface area is 204 Å². The lowest BCUT2D eigenvalue weighted by Crippen LogP contribution is -2.50. The largest absolute Gasteiger partial charge is 0.490 e. The molecule has 190 valence electrons. The third-order valence-electron chi connectivity index (χ3n) is 6.77. The lowest BCUT2D eigenvalue weighted by Gasteiger charge is -2.39. The van der Waals surface area contributed by atoms with Crippen LogP contribution < -0.4 is 0 Å². The number of carboxylic acids is 1. The zero-order valence-corrected chi connectivity index (χ0v) is 20.0. The number of rotatable bonds is 4. The summed E-state index contributed by atoms with van der Waals surface area (Å²) in [6, 6.07) is 1.73. The summed E-state index contributed by atoms with van der Waals surface area (Å²) in [6.07, 6.45) is 3.73. The summed E-state index contributed by atoms with van der Waals surface area (Å²) in [6.45, 7) is 2.26. The molecular weight excluding hydrogens is 485 g/mol. The summed E-state index contributed by atoms with van der Waals surface area (Å²) < 4.78 is 33.6. The van der Waals surface area contributed by atoms with E-state index in [0.717, 1.165) is 31.6 Å². The Hall–Kier alpha value is -2.89. The number of piperidine rings is 1. The molecule has 1 spiro atoms. The zero-order chi connectivity index (χ0) is 25.4. The van der Waals surface area contributed by atoms with Crippen LogP contribution in [0.15, 0.2) is 29.4 Å². The van der Waals surface area contributed by atoms with Crippen LogP contribution in [0.3, 0.4) is 0 Å². The van der Waals surface area contributed by atoms with E-state index in [1.807, 2.05) is 39.5 Å². The number of hydrogen-bond acceptors (Lipinski definition) is 5. The zero-order valence-electron chi connectivity index (χ0n) is 19.2. The summed E-state index contributed by atoms with van der Waals surface area (Å²) in [7, 11) is 1.94. The van der Waals surface area contributed by atoms with Crippen LogP contribution in [0, 0.1) is 11.3 Å². The molecule has 2 aromatic rings. The van der Waals surface area contributed by atoms with Crippen LogP contribution in [0.2, 0.25) is 0 Å². The Kier molecular flexibility index (Phi) is 6.94. The molecule has 5 rings (SSSR count). The Bertz CT molecular complexity index is 1080. The number of likely N-dealkylation sites (tertiary alicyclic amines) is 2. The van der Waals surface area contributed by atoms with Gasteiger partial charge in [0.2, 0.25) is 5.91 Å². The van der Waals surface area contributed by atoms with Crippen molar-refractivity contribution in [2.45, 2.75) is 44.3 Å². The topological polar surface area (TPSA) is 95.7 Å². The van der Waals surface area contributed by atoms with Crippen molar-refractivity contribution in [2.75, 3.05) is 19.6 Å². The van der Waals surface area contributed by atoms with Gasteiger partial charge < -0.3 is 19.5 Å². The Balaban J connectivity index is 0.000000364. The second-order valence-corrected chi connectivity index (χ2v) is 10.3. The lowest BCUT2D eigenvalue weighted by atomic mass is 9.76. The van der Waals surface area contributed by atoms with Crippen LogP contribution >= 0.6 is 11.3 Å². The molecule has 1 aliphatic carbocycles. The molecule has 2 unspecified atom stereocenters. The maximum atomic E-state index is 13.5. The molecule has 1 saturated carbocycles. The van der Waals surface area contributed by atoms with Gasteiger partial charge in [0.15, 0.2) is 0 Å². The van der Waals surface area contributed by atoms with Crippen molar-refractivity contribution < 1.29 is 32.7 Å². The van der Waals surface area contributed by atoms with Gasteiger partial charge in [0.1, 0.15) is 0 Å². The predicted octanol–water partition coefficient (Wildman–Crippen LogP) is 3.72. The van der Waals surface area contributed by atoms with Crippen molar-refractivity contribution >= 4 is 29.1 Å². The molecule has 3 aliphatic rings. The van der Waals surface area contributed by atoms with Gasteiger partial charge in [-0.1, -0.05) is 0 Å². The number of carboxylic acid groups (broad SMARTS) is 1. The minimum atomic E-state index is -5.08. The molecule has 2 aromatic heterocycles. The normalized spacial score (nSPS) is 24.5. The highest BCUT2D eigenvalue weighted by molar-refractivity contribution is 7.08. The molecule has 2 amide bonds. The maximum Gasteiger partial charge on any atom is 0.490 e. The van der Waals surface area contributed by atoms with E-state index in [2.05, 4.69) is 9.88 Å². The molecule has 2 aliphatic heterocycles. The fraction of sp³-hybridized carbons (Fsp3) is 0.565. The first kappa shape index (κ1) is 25.2. The first-order valence-corrected chi connectivity index (χ1v) is 12.3. The minimum Gasteiger partial charge on any atom is -0.475 e. The fourth-order valence-corrected chi connectivity index (χ4v) is 5.52. The molecule has 3 fully saturated rings. The van der Waals surface area contributed by atoms with Crippen LogP contribution in [-0.4, -0.2) is 68.1 Å². The number of aryl methyl sites for hydroxylation is 1. The number of carbonyl (C=O) groups is 3. The molecule has 12 heteroatoms. The van der Waals surface area contributed by atoms with Crippen molar-refractivity contribution in [3.8, 4) is 0 Å². The standard InChI is InChI=1S/C21H26N4O2S.C2HF3O2/c1-23-11-17(22-14-23)18-9-21(13-25(18)19(26)16-5-8-28-12-16)6-2-7-24(20(21)27)10-15-3-4-15;3-2(4,5)1(6)7/h5,8,11-12,14-15,18H,2-4,6-7,9-10,13H2,1H3;(H,6,7). The molecule has 35 heavy (non-hydrogen) atoms. The van der Waals surface area contributed by atoms with Crippen LogP contribution in [0.5, 0.6) is 0 Å². The monoisotopic (exact) mass is 512 g/mol. The number of aliphatic carboxylic acids is 1. The van der Waals surface area contributed by atoms with E-state index in [4.69, 9.17) is 9.90 Å². The number of imidazole rings is 1. The number of amides is 2. The number of halogens is 3. The van der Waals surface area contributed by atoms with Crippen molar-refractivity contribution in [1.29, 1.82) is 0 Å². The van der Waals surface area contributed by atoms with E-state index < -0.39 is 17.6 Å². The van der Waals surface area contributed by atoms with Gasteiger partial charge in [0, 0.05) is 38.3 Å². The quantitative estimate of drug-likeness (QED) is 0.674. The van der Waals surface area contributed by atoms with Crippen molar-refractivity contribution in [3.63, 3.8) is 0 Å².